The number of carbonyl (C=O) groups is 1. The van der Waals surface area contributed by atoms with E-state index in [-0.39, 0.29) is 12.2 Å². The minimum Gasteiger partial charge on any atom is -0.478 e. The molecule has 0 aliphatic rings. The smallest absolute Gasteiger partial charge is 0.336 e. The van der Waals surface area contributed by atoms with E-state index < -0.39 is 5.97 Å². The number of aliphatic hydroxyl groups excluding tert-OH is 1. The number of carboxylic acids is 1. The van der Waals surface area contributed by atoms with Gasteiger partial charge in [0.15, 0.2) is 0 Å². The summed E-state index contributed by atoms with van der Waals surface area (Å²) in [5.74, 6) is -0.454. The first-order valence-corrected chi connectivity index (χ1v) is 7.52. The molecule has 5 heteroatoms. The van der Waals surface area contributed by atoms with Gasteiger partial charge < -0.3 is 14.7 Å². The van der Waals surface area contributed by atoms with E-state index >= 15 is 0 Å². The zero-order valence-corrected chi connectivity index (χ0v) is 13.4. The third-order valence-electron chi connectivity index (χ3n) is 4.05. The molecular formula is C19H17NO4. The normalized spacial score (nSPS) is 10.8. The first-order valence-electron chi connectivity index (χ1n) is 7.52. The lowest BCUT2D eigenvalue weighted by atomic mass is 9.90. The maximum Gasteiger partial charge on any atom is 0.336 e. The highest BCUT2D eigenvalue weighted by atomic mass is 16.5. The molecule has 24 heavy (non-hydrogen) atoms. The first kappa shape index (κ1) is 16.0. The largest absolute Gasteiger partial charge is 0.478 e. The lowest BCUT2D eigenvalue weighted by Crippen LogP contribution is -2.05. The zero-order valence-electron chi connectivity index (χ0n) is 13.4. The molecule has 0 amide bonds. The van der Waals surface area contributed by atoms with Crippen molar-refractivity contribution in [3.63, 3.8) is 0 Å². The molecule has 0 radical (unpaired) electrons. The van der Waals surface area contributed by atoms with Gasteiger partial charge in [0.05, 0.1) is 17.9 Å². The number of aryl methyl sites for hydroxylation is 2. The summed E-state index contributed by atoms with van der Waals surface area (Å²) in [6.07, 6.45) is 0. The number of benzene rings is 2. The van der Waals surface area contributed by atoms with Gasteiger partial charge in [-0.05, 0) is 48.2 Å². The van der Waals surface area contributed by atoms with E-state index in [9.17, 15) is 15.0 Å². The fraction of sp³-hybridized carbons (Fsp3) is 0.158. The van der Waals surface area contributed by atoms with Crippen LogP contribution in [0.4, 0.5) is 0 Å². The first-order chi connectivity index (χ1) is 11.5. The van der Waals surface area contributed by atoms with Crippen molar-refractivity contribution in [2.45, 2.75) is 20.5 Å². The molecule has 0 saturated heterocycles. The number of carboxylic acid groups (broad SMARTS) is 1. The molecule has 0 aliphatic carbocycles. The summed E-state index contributed by atoms with van der Waals surface area (Å²) >= 11 is 0. The van der Waals surface area contributed by atoms with Crippen LogP contribution in [-0.2, 0) is 6.61 Å². The summed E-state index contributed by atoms with van der Waals surface area (Å²) < 4.78 is 5.21. The predicted octanol–water partition coefficient (Wildman–Crippen LogP) is 3.82. The van der Waals surface area contributed by atoms with Gasteiger partial charge in [-0.15, -0.1) is 0 Å². The van der Waals surface area contributed by atoms with Crippen molar-refractivity contribution in [1.29, 1.82) is 0 Å². The lowest BCUT2D eigenvalue weighted by molar-refractivity contribution is 0.0693. The van der Waals surface area contributed by atoms with Crippen LogP contribution in [-0.4, -0.2) is 21.3 Å². The van der Waals surface area contributed by atoms with E-state index in [1.54, 1.807) is 13.0 Å². The fourth-order valence-corrected chi connectivity index (χ4v) is 2.95. The summed E-state index contributed by atoms with van der Waals surface area (Å²) in [5.41, 5.74) is 4.18. The Balaban J connectivity index is 2.34. The molecule has 0 atom stereocenters. The number of aliphatic hydroxyl groups is 1. The Hall–Kier alpha value is -2.92. The molecule has 0 unspecified atom stereocenters. The van der Waals surface area contributed by atoms with Crippen LogP contribution in [0.3, 0.4) is 0 Å². The molecule has 2 aromatic carbocycles. The lowest BCUT2D eigenvalue weighted by Gasteiger charge is -2.14. The molecule has 5 nitrogen and oxygen atoms in total. The molecule has 0 fully saturated rings. The molecular weight excluding hydrogens is 306 g/mol. The third-order valence-corrected chi connectivity index (χ3v) is 4.05. The number of hydrogen-bond acceptors (Lipinski definition) is 4. The topological polar surface area (TPSA) is 83.6 Å². The Bertz CT molecular complexity index is 878. The Morgan fingerprint density at radius 2 is 1.83 bits per heavy atom. The number of nitrogens with zero attached hydrogens (tertiary/aromatic N) is 1. The monoisotopic (exact) mass is 323 g/mol. The second kappa shape index (κ2) is 6.29. The van der Waals surface area contributed by atoms with Crippen molar-refractivity contribution in [1.82, 2.24) is 5.16 Å². The van der Waals surface area contributed by atoms with Gasteiger partial charge in [0.1, 0.15) is 5.76 Å². The van der Waals surface area contributed by atoms with Crippen LogP contribution in [0.15, 0.2) is 47.0 Å². The average Bonchev–Trinajstić information content (AvgIpc) is 2.93. The van der Waals surface area contributed by atoms with Crippen LogP contribution in [0.5, 0.6) is 0 Å². The number of aromatic carboxylic acids is 1. The Morgan fingerprint density at radius 1 is 1.12 bits per heavy atom. The van der Waals surface area contributed by atoms with Crippen LogP contribution >= 0.6 is 0 Å². The summed E-state index contributed by atoms with van der Waals surface area (Å²) in [6, 6.07) is 12.8. The maximum absolute atomic E-state index is 11.7. The van der Waals surface area contributed by atoms with Crippen LogP contribution in [0, 0.1) is 13.8 Å². The quantitative estimate of drug-likeness (QED) is 0.762. The van der Waals surface area contributed by atoms with E-state index in [0.717, 1.165) is 11.1 Å². The minimum atomic E-state index is -1.08. The molecule has 3 rings (SSSR count). The number of rotatable bonds is 4. The summed E-state index contributed by atoms with van der Waals surface area (Å²) in [6.45, 7) is 3.25. The Labute approximate surface area is 139 Å². The summed E-state index contributed by atoms with van der Waals surface area (Å²) in [5, 5.41) is 23.3. The summed E-state index contributed by atoms with van der Waals surface area (Å²) in [7, 11) is 0. The third kappa shape index (κ3) is 2.70. The predicted molar refractivity (Wildman–Crippen MR) is 89.7 cm³/mol. The molecule has 1 heterocycles. The second-order valence-corrected chi connectivity index (χ2v) is 5.58. The molecule has 0 saturated carbocycles. The van der Waals surface area contributed by atoms with Crippen LogP contribution in [0.1, 0.15) is 27.4 Å². The zero-order chi connectivity index (χ0) is 17.3. The van der Waals surface area contributed by atoms with Gasteiger partial charge in [-0.3, -0.25) is 0 Å². The molecule has 0 bridgehead atoms. The van der Waals surface area contributed by atoms with E-state index in [4.69, 9.17) is 4.52 Å². The van der Waals surface area contributed by atoms with Gasteiger partial charge >= 0.3 is 5.97 Å². The molecule has 0 aliphatic heterocycles. The highest BCUT2D eigenvalue weighted by Gasteiger charge is 2.20. The molecule has 122 valence electrons. The van der Waals surface area contributed by atoms with Crippen molar-refractivity contribution in [3.8, 4) is 22.3 Å². The van der Waals surface area contributed by atoms with E-state index in [1.165, 1.54) is 0 Å². The highest BCUT2D eigenvalue weighted by molar-refractivity contribution is 5.95. The van der Waals surface area contributed by atoms with Gasteiger partial charge in [-0.2, -0.15) is 0 Å². The average molecular weight is 323 g/mol. The second-order valence-electron chi connectivity index (χ2n) is 5.58. The van der Waals surface area contributed by atoms with Gasteiger partial charge in [0.2, 0.25) is 0 Å². The molecule has 0 spiro atoms. The standard InChI is InChI=1S/C19H17NO4/c1-11-18(12(2)24-20-11)14-8-15(13-6-4-3-5-7-13)17(10-21)16(9-14)19(22)23/h3-9,21H,10H2,1-2H3,(H,22,23). The van der Waals surface area contributed by atoms with Crippen molar-refractivity contribution < 1.29 is 19.5 Å². The minimum absolute atomic E-state index is 0.0776. The number of hydrogen-bond donors (Lipinski definition) is 2. The molecule has 1 aromatic heterocycles. The van der Waals surface area contributed by atoms with Crippen molar-refractivity contribution in [2.75, 3.05) is 0 Å². The van der Waals surface area contributed by atoms with Crippen molar-refractivity contribution in [2.24, 2.45) is 0 Å². The van der Waals surface area contributed by atoms with Crippen molar-refractivity contribution in [3.05, 3.63) is 65.0 Å². The maximum atomic E-state index is 11.7. The van der Waals surface area contributed by atoms with Crippen LogP contribution < -0.4 is 0 Å². The number of aromatic nitrogens is 1. The van der Waals surface area contributed by atoms with Crippen molar-refractivity contribution >= 4 is 5.97 Å². The van der Waals surface area contributed by atoms with Gasteiger partial charge in [-0.1, -0.05) is 35.5 Å². The van der Waals surface area contributed by atoms with Gasteiger partial charge in [0, 0.05) is 5.56 Å². The molecule has 3 aromatic rings. The Kier molecular flexibility index (Phi) is 4.18. The van der Waals surface area contributed by atoms with E-state index in [1.807, 2.05) is 43.3 Å². The van der Waals surface area contributed by atoms with Crippen LogP contribution in [0.2, 0.25) is 0 Å². The molecule has 2 N–H and O–H groups in total. The Morgan fingerprint density at radius 3 is 2.38 bits per heavy atom. The summed E-state index contributed by atoms with van der Waals surface area (Å²) in [4.78, 5) is 11.7. The highest BCUT2D eigenvalue weighted by Crippen LogP contribution is 2.35. The van der Waals surface area contributed by atoms with E-state index in [2.05, 4.69) is 5.16 Å². The fourth-order valence-electron chi connectivity index (χ4n) is 2.95. The van der Waals surface area contributed by atoms with E-state index in [0.29, 0.717) is 28.1 Å². The SMILES string of the molecule is Cc1noc(C)c1-c1cc(C(=O)O)c(CO)c(-c2ccccc2)c1. The van der Waals surface area contributed by atoms with Gasteiger partial charge in [-0.25, -0.2) is 4.79 Å². The van der Waals surface area contributed by atoms with Crippen LogP contribution in [0.25, 0.3) is 22.3 Å². The van der Waals surface area contributed by atoms with Gasteiger partial charge in [0.25, 0.3) is 0 Å².